The van der Waals surface area contributed by atoms with E-state index in [9.17, 15) is 8.42 Å². The Balaban J connectivity index is 1.50. The number of nitrogens with zero attached hydrogens (tertiary/aromatic N) is 1. The monoisotopic (exact) mass is 413 g/mol. The summed E-state index contributed by atoms with van der Waals surface area (Å²) in [5.41, 5.74) is 4.11. The summed E-state index contributed by atoms with van der Waals surface area (Å²) in [7, 11) is -3.60. The fourth-order valence-electron chi connectivity index (χ4n) is 4.57. The minimum atomic E-state index is -3.60. The number of hydrogen-bond acceptors (Lipinski definition) is 4. The zero-order chi connectivity index (χ0) is 20.6. The molecule has 0 bridgehead atoms. The minimum Gasteiger partial charge on any atom is -0.380 e. The van der Waals surface area contributed by atoms with Crippen molar-refractivity contribution < 1.29 is 8.42 Å². The van der Waals surface area contributed by atoms with E-state index in [1.54, 1.807) is 12.1 Å². The summed E-state index contributed by atoms with van der Waals surface area (Å²) in [6, 6.07) is 13.5. The fourth-order valence-corrected chi connectivity index (χ4v) is 5.62. The normalized spacial score (nSPS) is 21.5. The molecule has 2 atom stereocenters. The number of piperidine rings is 1. The lowest BCUT2D eigenvalue weighted by molar-refractivity contribution is 0.204. The third-order valence-corrected chi connectivity index (χ3v) is 7.54. The van der Waals surface area contributed by atoms with Crippen LogP contribution in [0.25, 0.3) is 0 Å². The molecule has 5 nitrogen and oxygen atoms in total. The van der Waals surface area contributed by atoms with E-state index in [-0.39, 0.29) is 0 Å². The highest BCUT2D eigenvalue weighted by molar-refractivity contribution is 7.92. The number of likely N-dealkylation sites (tertiary alicyclic amines) is 1. The summed E-state index contributed by atoms with van der Waals surface area (Å²) in [6.07, 6.45) is 2.33. The van der Waals surface area contributed by atoms with Crippen molar-refractivity contribution in [3.05, 3.63) is 53.6 Å². The van der Waals surface area contributed by atoms with Crippen molar-refractivity contribution in [2.24, 2.45) is 0 Å². The first-order chi connectivity index (χ1) is 13.9. The van der Waals surface area contributed by atoms with Crippen LogP contribution in [0.2, 0.25) is 0 Å². The average molecular weight is 414 g/mol. The van der Waals surface area contributed by atoms with Crippen molar-refractivity contribution in [2.45, 2.75) is 56.4 Å². The molecule has 2 aromatic carbocycles. The van der Waals surface area contributed by atoms with Crippen molar-refractivity contribution in [1.82, 2.24) is 4.90 Å². The first-order valence-electron chi connectivity index (χ1n) is 10.6. The first kappa shape index (κ1) is 20.2. The van der Waals surface area contributed by atoms with E-state index in [0.29, 0.717) is 28.5 Å². The Morgan fingerprint density at radius 1 is 1.17 bits per heavy atom. The number of rotatable bonds is 6. The lowest BCUT2D eigenvalue weighted by atomic mass is 9.88. The second-order valence-corrected chi connectivity index (χ2v) is 10.3. The van der Waals surface area contributed by atoms with Crippen LogP contribution in [0.15, 0.2) is 47.4 Å². The minimum absolute atomic E-state index is 0.291. The zero-order valence-corrected chi connectivity index (χ0v) is 18.3. The maximum Gasteiger partial charge on any atom is 0.261 e. The number of hydrogen-bond donors (Lipinski definition) is 2. The van der Waals surface area contributed by atoms with E-state index in [1.165, 1.54) is 12.0 Å². The molecule has 2 N–H and O–H groups in total. The SMILES string of the molecule is CCCN1CCC2c3ccc(NS(=O)(=O)c4ccc(C(C)C)cc4)cc3NC2C1. The van der Waals surface area contributed by atoms with Crippen LogP contribution in [0.3, 0.4) is 0 Å². The van der Waals surface area contributed by atoms with Crippen LogP contribution >= 0.6 is 0 Å². The van der Waals surface area contributed by atoms with Gasteiger partial charge in [0.25, 0.3) is 10.0 Å². The van der Waals surface area contributed by atoms with Gasteiger partial charge in [0.15, 0.2) is 0 Å². The predicted molar refractivity (Wildman–Crippen MR) is 119 cm³/mol. The van der Waals surface area contributed by atoms with Gasteiger partial charge in [-0.15, -0.1) is 0 Å². The van der Waals surface area contributed by atoms with Crippen LogP contribution in [0.5, 0.6) is 0 Å². The van der Waals surface area contributed by atoms with Crippen LogP contribution in [0, 0.1) is 0 Å². The molecule has 0 radical (unpaired) electrons. The van der Waals surface area contributed by atoms with Gasteiger partial charge in [0.1, 0.15) is 0 Å². The molecule has 156 valence electrons. The van der Waals surface area contributed by atoms with E-state index in [1.807, 2.05) is 24.3 Å². The third kappa shape index (κ3) is 4.14. The molecule has 4 rings (SSSR count). The van der Waals surface area contributed by atoms with Gasteiger partial charge in [0.05, 0.1) is 10.6 Å². The fraction of sp³-hybridized carbons (Fsp3) is 0.478. The molecule has 2 aliphatic heterocycles. The highest BCUT2D eigenvalue weighted by atomic mass is 32.2. The van der Waals surface area contributed by atoms with E-state index >= 15 is 0 Å². The summed E-state index contributed by atoms with van der Waals surface area (Å²) in [6.45, 7) is 9.74. The Kier molecular flexibility index (Phi) is 5.58. The van der Waals surface area contributed by atoms with Gasteiger partial charge in [-0.3, -0.25) is 4.72 Å². The molecule has 29 heavy (non-hydrogen) atoms. The number of nitrogens with one attached hydrogen (secondary N) is 2. The largest absolute Gasteiger partial charge is 0.380 e. The highest BCUT2D eigenvalue weighted by Gasteiger charge is 2.36. The molecule has 1 saturated heterocycles. The van der Waals surface area contributed by atoms with Crippen molar-refractivity contribution in [2.75, 3.05) is 29.7 Å². The summed E-state index contributed by atoms with van der Waals surface area (Å²) in [5, 5.41) is 3.63. The van der Waals surface area contributed by atoms with Gasteiger partial charge in [0, 0.05) is 24.2 Å². The van der Waals surface area contributed by atoms with Crippen molar-refractivity contribution in [1.29, 1.82) is 0 Å². The lowest BCUT2D eigenvalue weighted by Crippen LogP contribution is -2.43. The van der Waals surface area contributed by atoms with Crippen LogP contribution < -0.4 is 10.0 Å². The smallest absolute Gasteiger partial charge is 0.261 e. The van der Waals surface area contributed by atoms with Crippen molar-refractivity contribution in [3.8, 4) is 0 Å². The van der Waals surface area contributed by atoms with Crippen molar-refractivity contribution >= 4 is 21.4 Å². The van der Waals surface area contributed by atoms with E-state index in [0.717, 1.165) is 37.3 Å². The lowest BCUT2D eigenvalue weighted by Gasteiger charge is -2.35. The number of fused-ring (bicyclic) bond motifs is 3. The number of anilines is 2. The van der Waals surface area contributed by atoms with Gasteiger partial charge >= 0.3 is 0 Å². The van der Waals surface area contributed by atoms with Crippen LogP contribution in [-0.2, 0) is 10.0 Å². The second kappa shape index (κ2) is 8.00. The van der Waals surface area contributed by atoms with Crippen LogP contribution in [0.1, 0.15) is 56.6 Å². The summed E-state index contributed by atoms with van der Waals surface area (Å²) < 4.78 is 28.4. The number of sulfonamides is 1. The zero-order valence-electron chi connectivity index (χ0n) is 17.5. The van der Waals surface area contributed by atoms with Gasteiger partial charge in [-0.1, -0.05) is 39.0 Å². The van der Waals surface area contributed by atoms with Gasteiger partial charge < -0.3 is 10.2 Å². The quantitative estimate of drug-likeness (QED) is 0.726. The molecule has 0 spiro atoms. The Hall–Kier alpha value is -2.05. The van der Waals surface area contributed by atoms with E-state index in [2.05, 4.69) is 41.8 Å². The summed E-state index contributed by atoms with van der Waals surface area (Å²) >= 11 is 0. The van der Waals surface area contributed by atoms with Crippen molar-refractivity contribution in [3.63, 3.8) is 0 Å². The molecule has 0 aromatic heterocycles. The van der Waals surface area contributed by atoms with Gasteiger partial charge in [-0.05, 0) is 67.2 Å². The molecule has 0 saturated carbocycles. The highest BCUT2D eigenvalue weighted by Crippen LogP contribution is 2.42. The molecule has 6 heteroatoms. The van der Waals surface area contributed by atoms with Gasteiger partial charge in [-0.25, -0.2) is 8.42 Å². The topological polar surface area (TPSA) is 61.4 Å². The molecular formula is C23H31N3O2S. The molecular weight excluding hydrogens is 382 g/mol. The van der Waals surface area contributed by atoms with Gasteiger partial charge in [-0.2, -0.15) is 0 Å². The van der Waals surface area contributed by atoms with Crippen LogP contribution in [0.4, 0.5) is 11.4 Å². The predicted octanol–water partition coefficient (Wildman–Crippen LogP) is 4.60. The van der Waals surface area contributed by atoms with Gasteiger partial charge in [0.2, 0.25) is 0 Å². The number of benzene rings is 2. The maximum absolute atomic E-state index is 12.8. The molecule has 2 heterocycles. The Morgan fingerprint density at radius 3 is 2.62 bits per heavy atom. The maximum atomic E-state index is 12.8. The molecule has 2 unspecified atom stereocenters. The summed E-state index contributed by atoms with van der Waals surface area (Å²) in [4.78, 5) is 2.81. The Bertz CT molecular complexity index is 970. The summed E-state index contributed by atoms with van der Waals surface area (Å²) in [5.74, 6) is 0.895. The second-order valence-electron chi connectivity index (χ2n) is 8.58. The first-order valence-corrected chi connectivity index (χ1v) is 12.1. The Morgan fingerprint density at radius 2 is 1.93 bits per heavy atom. The molecule has 0 aliphatic carbocycles. The average Bonchev–Trinajstić information content (AvgIpc) is 3.04. The van der Waals surface area contributed by atoms with E-state index < -0.39 is 10.0 Å². The molecule has 2 aromatic rings. The molecule has 2 aliphatic rings. The molecule has 0 amide bonds. The Labute approximate surface area is 174 Å². The van der Waals surface area contributed by atoms with E-state index in [4.69, 9.17) is 0 Å². The third-order valence-electron chi connectivity index (χ3n) is 6.14. The standard InChI is InChI=1S/C23H31N3O2S/c1-4-12-26-13-11-21-20-10-7-18(14-22(20)24-23(21)15-26)25-29(27,28)19-8-5-17(6-9-19)16(2)3/h5-10,14,16,21,23-25H,4,11-13,15H2,1-3H3. The molecule has 1 fully saturated rings. The van der Waals surface area contributed by atoms with Crippen LogP contribution in [-0.4, -0.2) is 39.0 Å².